The van der Waals surface area contributed by atoms with E-state index in [4.69, 9.17) is 5.73 Å². The van der Waals surface area contributed by atoms with Crippen molar-refractivity contribution in [1.29, 1.82) is 0 Å². The lowest BCUT2D eigenvalue weighted by Crippen LogP contribution is -2.25. The summed E-state index contributed by atoms with van der Waals surface area (Å²) in [7, 11) is 0. The van der Waals surface area contributed by atoms with Crippen molar-refractivity contribution in [2.75, 3.05) is 29.0 Å². The Hall–Kier alpha value is -2.49. The lowest BCUT2D eigenvalue weighted by molar-refractivity contribution is -0.107. The van der Waals surface area contributed by atoms with Crippen LogP contribution in [0.2, 0.25) is 0 Å². The van der Waals surface area contributed by atoms with E-state index >= 15 is 0 Å². The Morgan fingerprint density at radius 2 is 1.83 bits per heavy atom. The predicted molar refractivity (Wildman–Crippen MR) is 102 cm³/mol. The van der Waals surface area contributed by atoms with E-state index in [1.165, 1.54) is 5.56 Å². The highest BCUT2D eigenvalue weighted by atomic mass is 16.1. The number of nitrogen functional groups attached to an aromatic ring is 1. The van der Waals surface area contributed by atoms with E-state index in [1.807, 2.05) is 48.5 Å². The van der Waals surface area contributed by atoms with Crippen LogP contribution in [0.5, 0.6) is 0 Å². The summed E-state index contributed by atoms with van der Waals surface area (Å²) in [5.41, 5.74) is 9.56. The maximum absolute atomic E-state index is 11.6. The van der Waals surface area contributed by atoms with Gasteiger partial charge < -0.3 is 16.0 Å². The summed E-state index contributed by atoms with van der Waals surface area (Å²) < 4.78 is 0. The van der Waals surface area contributed by atoms with Gasteiger partial charge >= 0.3 is 0 Å². The van der Waals surface area contributed by atoms with Crippen LogP contribution in [0.3, 0.4) is 0 Å². The van der Waals surface area contributed by atoms with Crippen LogP contribution in [-0.2, 0) is 11.2 Å². The maximum atomic E-state index is 11.6. The summed E-state index contributed by atoms with van der Waals surface area (Å²) in [5.74, 6) is 0.650. The molecule has 2 aromatic carbocycles. The van der Waals surface area contributed by atoms with Gasteiger partial charge in [-0.15, -0.1) is 0 Å². The minimum absolute atomic E-state index is 0.635. The first-order chi connectivity index (χ1) is 11.6. The standard InChI is InChI=1S/C20H27N3O/c1-16(2)11-13-22-19-5-3-4-6-20(19)23(15-24)14-12-17-7-9-18(21)10-8-17/h3-10,15-16,22H,11-14,21H2,1-2H3. The van der Waals surface area contributed by atoms with Crippen LogP contribution in [-0.4, -0.2) is 19.5 Å². The van der Waals surface area contributed by atoms with Gasteiger partial charge in [-0.2, -0.15) is 0 Å². The number of anilines is 3. The molecule has 4 nitrogen and oxygen atoms in total. The van der Waals surface area contributed by atoms with Crippen molar-refractivity contribution >= 4 is 23.5 Å². The number of nitrogens with zero attached hydrogens (tertiary/aromatic N) is 1. The molecular formula is C20H27N3O. The number of hydrogen-bond donors (Lipinski definition) is 2. The zero-order chi connectivity index (χ0) is 17.4. The van der Waals surface area contributed by atoms with E-state index in [0.29, 0.717) is 12.5 Å². The van der Waals surface area contributed by atoms with E-state index in [1.54, 1.807) is 4.90 Å². The number of hydrogen-bond acceptors (Lipinski definition) is 3. The summed E-state index contributed by atoms with van der Waals surface area (Å²) in [6.45, 7) is 5.95. The Labute approximate surface area is 144 Å². The lowest BCUT2D eigenvalue weighted by Gasteiger charge is -2.22. The van der Waals surface area contributed by atoms with Gasteiger partial charge in [0.15, 0.2) is 0 Å². The van der Waals surface area contributed by atoms with Gasteiger partial charge in [-0.3, -0.25) is 4.79 Å². The largest absolute Gasteiger partial charge is 0.399 e. The second kappa shape index (κ2) is 8.96. The van der Waals surface area contributed by atoms with E-state index in [2.05, 4.69) is 19.2 Å². The fourth-order valence-corrected chi connectivity index (χ4v) is 2.53. The van der Waals surface area contributed by atoms with Gasteiger partial charge in [0.2, 0.25) is 6.41 Å². The number of amides is 1. The first-order valence-electron chi connectivity index (χ1n) is 8.49. The highest BCUT2D eigenvalue weighted by molar-refractivity contribution is 5.83. The molecule has 128 valence electrons. The Balaban J connectivity index is 2.03. The van der Waals surface area contributed by atoms with E-state index < -0.39 is 0 Å². The predicted octanol–water partition coefficient (Wildman–Crippen LogP) is 3.93. The summed E-state index contributed by atoms with van der Waals surface area (Å²) in [6.07, 6.45) is 2.79. The Bertz CT molecular complexity index is 638. The molecule has 0 aliphatic heterocycles. The van der Waals surface area contributed by atoms with Gasteiger partial charge in [0.25, 0.3) is 0 Å². The molecule has 2 aromatic rings. The molecule has 1 amide bonds. The monoisotopic (exact) mass is 325 g/mol. The third kappa shape index (κ3) is 5.30. The average Bonchev–Trinajstić information content (AvgIpc) is 2.58. The smallest absolute Gasteiger partial charge is 0.214 e. The third-order valence-electron chi connectivity index (χ3n) is 4.00. The van der Waals surface area contributed by atoms with Crippen molar-refractivity contribution in [2.24, 2.45) is 5.92 Å². The van der Waals surface area contributed by atoms with Crippen molar-refractivity contribution in [2.45, 2.75) is 26.7 Å². The van der Waals surface area contributed by atoms with Crippen molar-refractivity contribution in [3.05, 3.63) is 54.1 Å². The SMILES string of the molecule is CC(C)CCNc1ccccc1N(C=O)CCc1ccc(N)cc1. The number of carbonyl (C=O) groups excluding carboxylic acids is 1. The fraction of sp³-hybridized carbons (Fsp3) is 0.350. The molecule has 0 aliphatic rings. The second-order valence-electron chi connectivity index (χ2n) is 6.42. The third-order valence-corrected chi connectivity index (χ3v) is 4.00. The molecule has 0 spiro atoms. The van der Waals surface area contributed by atoms with Crippen LogP contribution in [0.15, 0.2) is 48.5 Å². The molecule has 2 rings (SSSR count). The number of benzene rings is 2. The molecule has 0 saturated carbocycles. The van der Waals surface area contributed by atoms with Gasteiger partial charge in [-0.1, -0.05) is 38.1 Å². The Kier molecular flexibility index (Phi) is 6.67. The fourth-order valence-electron chi connectivity index (χ4n) is 2.53. The normalized spacial score (nSPS) is 10.6. The Morgan fingerprint density at radius 1 is 1.12 bits per heavy atom. The van der Waals surface area contributed by atoms with Crippen LogP contribution in [0.25, 0.3) is 0 Å². The van der Waals surface area contributed by atoms with Gasteiger partial charge in [-0.05, 0) is 48.6 Å². The first kappa shape index (κ1) is 17.9. The number of rotatable bonds is 9. The first-order valence-corrected chi connectivity index (χ1v) is 8.49. The van der Waals surface area contributed by atoms with Crippen LogP contribution in [0.1, 0.15) is 25.8 Å². The molecule has 0 unspecified atom stereocenters. The average molecular weight is 325 g/mol. The summed E-state index contributed by atoms with van der Waals surface area (Å²) >= 11 is 0. The van der Waals surface area contributed by atoms with Crippen LogP contribution < -0.4 is 16.0 Å². The van der Waals surface area contributed by atoms with Crippen molar-refractivity contribution in [1.82, 2.24) is 0 Å². The van der Waals surface area contributed by atoms with E-state index in [0.717, 1.165) is 42.9 Å². The lowest BCUT2D eigenvalue weighted by atomic mass is 10.1. The highest BCUT2D eigenvalue weighted by Gasteiger charge is 2.10. The van der Waals surface area contributed by atoms with E-state index in [9.17, 15) is 4.79 Å². The van der Waals surface area contributed by atoms with Crippen molar-refractivity contribution in [3.63, 3.8) is 0 Å². The number of carbonyl (C=O) groups is 1. The van der Waals surface area contributed by atoms with Gasteiger partial charge in [-0.25, -0.2) is 0 Å². The van der Waals surface area contributed by atoms with Crippen LogP contribution in [0.4, 0.5) is 17.1 Å². The van der Waals surface area contributed by atoms with Gasteiger partial charge in [0, 0.05) is 18.8 Å². The molecule has 0 aliphatic carbocycles. The molecule has 0 saturated heterocycles. The van der Waals surface area contributed by atoms with Gasteiger partial charge in [0.05, 0.1) is 11.4 Å². The van der Waals surface area contributed by atoms with Crippen LogP contribution in [0, 0.1) is 5.92 Å². The summed E-state index contributed by atoms with van der Waals surface area (Å²) in [4.78, 5) is 13.4. The van der Waals surface area contributed by atoms with E-state index in [-0.39, 0.29) is 0 Å². The quantitative estimate of drug-likeness (QED) is 0.542. The molecule has 0 heterocycles. The highest BCUT2D eigenvalue weighted by Crippen LogP contribution is 2.25. The molecular weight excluding hydrogens is 298 g/mol. The summed E-state index contributed by atoms with van der Waals surface area (Å²) in [6, 6.07) is 15.7. The van der Waals surface area contributed by atoms with Crippen molar-refractivity contribution < 1.29 is 4.79 Å². The molecule has 0 bridgehead atoms. The maximum Gasteiger partial charge on any atom is 0.214 e. The van der Waals surface area contributed by atoms with Crippen LogP contribution >= 0.6 is 0 Å². The molecule has 0 fully saturated rings. The Morgan fingerprint density at radius 3 is 2.50 bits per heavy atom. The molecule has 3 N–H and O–H groups in total. The number of nitrogens with one attached hydrogen (secondary N) is 1. The van der Waals surface area contributed by atoms with Gasteiger partial charge in [0.1, 0.15) is 0 Å². The molecule has 0 aromatic heterocycles. The number of nitrogens with two attached hydrogens (primary N) is 1. The minimum atomic E-state index is 0.635. The topological polar surface area (TPSA) is 58.4 Å². The molecule has 0 atom stereocenters. The molecule has 0 radical (unpaired) electrons. The molecule has 4 heteroatoms. The second-order valence-corrected chi connectivity index (χ2v) is 6.42. The van der Waals surface area contributed by atoms with Crippen molar-refractivity contribution in [3.8, 4) is 0 Å². The summed E-state index contributed by atoms with van der Waals surface area (Å²) in [5, 5.41) is 3.45. The minimum Gasteiger partial charge on any atom is -0.399 e. The molecule has 24 heavy (non-hydrogen) atoms. The zero-order valence-electron chi connectivity index (χ0n) is 14.5. The zero-order valence-corrected chi connectivity index (χ0v) is 14.5. The number of para-hydroxylation sites is 2.